The first-order chi connectivity index (χ1) is 17.0. The van der Waals surface area contributed by atoms with Gasteiger partial charge >= 0.3 is 5.97 Å². The van der Waals surface area contributed by atoms with Crippen LogP contribution in [0, 0.1) is 0 Å². The highest BCUT2D eigenvalue weighted by Gasteiger charge is 2.22. The van der Waals surface area contributed by atoms with Gasteiger partial charge in [-0.25, -0.2) is 9.78 Å². The van der Waals surface area contributed by atoms with Gasteiger partial charge in [0.25, 0.3) is 5.56 Å². The van der Waals surface area contributed by atoms with Gasteiger partial charge in [-0.05, 0) is 73.9 Å². The molecule has 0 spiro atoms. The molecule has 1 atom stereocenters. The van der Waals surface area contributed by atoms with Gasteiger partial charge in [0.05, 0.1) is 42.0 Å². The maximum atomic E-state index is 13.4. The fourth-order valence-electron chi connectivity index (χ4n) is 4.83. The summed E-state index contributed by atoms with van der Waals surface area (Å²) < 4.78 is 12.2. The lowest BCUT2D eigenvalue weighted by atomic mass is 9.90. The van der Waals surface area contributed by atoms with Crippen molar-refractivity contribution < 1.29 is 19.1 Å². The molecule has 182 valence electrons. The minimum atomic E-state index is -0.492. The van der Waals surface area contributed by atoms with Crippen LogP contribution >= 0.6 is 11.8 Å². The molecule has 0 saturated carbocycles. The number of nitrogens with zero attached hydrogens (tertiary/aromatic N) is 2. The van der Waals surface area contributed by atoms with Gasteiger partial charge < -0.3 is 9.47 Å². The monoisotopic (exact) mass is 492 g/mol. The van der Waals surface area contributed by atoms with Gasteiger partial charge in [-0.3, -0.25) is 14.2 Å². The zero-order valence-electron chi connectivity index (χ0n) is 19.7. The minimum Gasteiger partial charge on any atom is -0.465 e. The Labute approximate surface area is 207 Å². The topological polar surface area (TPSA) is 87.5 Å². The Morgan fingerprint density at radius 1 is 1.09 bits per heavy atom. The van der Waals surface area contributed by atoms with Crippen molar-refractivity contribution in [1.82, 2.24) is 9.55 Å². The van der Waals surface area contributed by atoms with Gasteiger partial charge in [0.2, 0.25) is 0 Å². The van der Waals surface area contributed by atoms with Crippen LogP contribution in [0.15, 0.2) is 46.3 Å². The van der Waals surface area contributed by atoms with Crippen molar-refractivity contribution in [3.8, 4) is 0 Å². The lowest BCUT2D eigenvalue weighted by molar-refractivity contribution is 0.0600. The zero-order valence-corrected chi connectivity index (χ0v) is 20.6. The van der Waals surface area contributed by atoms with Crippen molar-refractivity contribution >= 4 is 34.4 Å². The Morgan fingerprint density at radius 3 is 2.66 bits per heavy atom. The smallest absolute Gasteiger partial charge is 0.337 e. The fraction of sp³-hybridized carbons (Fsp3) is 0.407. The van der Waals surface area contributed by atoms with Crippen LogP contribution in [0.2, 0.25) is 0 Å². The third-order valence-electron chi connectivity index (χ3n) is 6.75. The van der Waals surface area contributed by atoms with E-state index in [2.05, 4.69) is 6.07 Å². The van der Waals surface area contributed by atoms with Crippen LogP contribution in [0.3, 0.4) is 0 Å². The minimum absolute atomic E-state index is 0.00435. The Kier molecular flexibility index (Phi) is 7.02. The number of thioether (sulfide) groups is 1. The molecule has 1 aliphatic heterocycles. The number of benzene rings is 2. The van der Waals surface area contributed by atoms with Crippen molar-refractivity contribution in [3.05, 3.63) is 69.0 Å². The number of carbonyl (C=O) groups excluding carboxylic acids is 2. The van der Waals surface area contributed by atoms with Crippen LogP contribution in [0.5, 0.6) is 0 Å². The molecule has 0 radical (unpaired) electrons. The molecule has 8 heteroatoms. The first-order valence-electron chi connectivity index (χ1n) is 12.1. The van der Waals surface area contributed by atoms with Crippen LogP contribution < -0.4 is 5.56 Å². The van der Waals surface area contributed by atoms with Gasteiger partial charge in [-0.1, -0.05) is 23.9 Å². The summed E-state index contributed by atoms with van der Waals surface area (Å²) in [7, 11) is 1.31. The molecule has 1 aromatic heterocycles. The van der Waals surface area contributed by atoms with Crippen LogP contribution in [0.1, 0.15) is 57.5 Å². The number of aryl methyl sites for hydroxylation is 2. The molecule has 5 rings (SSSR count). The number of aromatic nitrogens is 2. The molecule has 35 heavy (non-hydrogen) atoms. The second-order valence-corrected chi connectivity index (χ2v) is 10.0. The molecule has 0 bridgehead atoms. The summed E-state index contributed by atoms with van der Waals surface area (Å²) in [6.07, 6.45) is 6.22. The predicted octanol–water partition coefficient (Wildman–Crippen LogP) is 4.22. The second kappa shape index (κ2) is 10.3. The third-order valence-corrected chi connectivity index (χ3v) is 7.73. The first kappa shape index (κ1) is 23.8. The Hall–Kier alpha value is -2.97. The van der Waals surface area contributed by atoms with E-state index in [4.69, 9.17) is 14.5 Å². The number of ether oxygens (including phenoxy) is 2. The molecule has 1 saturated heterocycles. The first-order valence-corrected chi connectivity index (χ1v) is 13.0. The van der Waals surface area contributed by atoms with E-state index < -0.39 is 5.97 Å². The SMILES string of the molecule is COC(=O)c1ccc2c(=O)n(C[C@H]3CCCO3)c(SCC(=O)c3ccc4c(c3)CCCC4)nc2c1. The van der Waals surface area contributed by atoms with Crippen molar-refractivity contribution in [2.24, 2.45) is 0 Å². The number of rotatable bonds is 7. The summed E-state index contributed by atoms with van der Waals surface area (Å²) in [5.41, 5.74) is 3.82. The molecule has 3 aromatic rings. The highest BCUT2D eigenvalue weighted by atomic mass is 32.2. The lowest BCUT2D eigenvalue weighted by Crippen LogP contribution is -2.29. The quantitative estimate of drug-likeness (QED) is 0.211. The van der Waals surface area contributed by atoms with E-state index in [1.807, 2.05) is 12.1 Å². The van der Waals surface area contributed by atoms with E-state index in [1.165, 1.54) is 36.4 Å². The van der Waals surface area contributed by atoms with E-state index in [9.17, 15) is 14.4 Å². The van der Waals surface area contributed by atoms with Crippen LogP contribution in [0.4, 0.5) is 0 Å². The molecule has 1 fully saturated rings. The van der Waals surface area contributed by atoms with Crippen molar-refractivity contribution in [2.45, 2.75) is 56.3 Å². The van der Waals surface area contributed by atoms with Gasteiger partial charge in [-0.2, -0.15) is 0 Å². The predicted molar refractivity (Wildman–Crippen MR) is 134 cm³/mol. The number of Topliss-reactive ketones (excluding diaryl/α,β-unsaturated/α-hetero) is 1. The van der Waals surface area contributed by atoms with Crippen molar-refractivity contribution in [2.75, 3.05) is 19.5 Å². The molecular weight excluding hydrogens is 464 g/mol. The number of methoxy groups -OCH3 is 1. The third kappa shape index (κ3) is 5.04. The lowest BCUT2D eigenvalue weighted by Gasteiger charge is -2.17. The zero-order chi connectivity index (χ0) is 24.4. The molecule has 2 aromatic carbocycles. The van der Waals surface area contributed by atoms with E-state index in [1.54, 1.807) is 22.8 Å². The van der Waals surface area contributed by atoms with Crippen molar-refractivity contribution in [3.63, 3.8) is 0 Å². The van der Waals surface area contributed by atoms with Gasteiger partial charge in [0.15, 0.2) is 10.9 Å². The summed E-state index contributed by atoms with van der Waals surface area (Å²) in [4.78, 5) is 43.2. The summed E-state index contributed by atoms with van der Waals surface area (Å²) in [6.45, 7) is 1.07. The number of carbonyl (C=O) groups is 2. The Bertz CT molecular complexity index is 1340. The largest absolute Gasteiger partial charge is 0.465 e. The fourth-order valence-corrected chi connectivity index (χ4v) is 5.73. The summed E-state index contributed by atoms with van der Waals surface area (Å²) >= 11 is 1.25. The van der Waals surface area contributed by atoms with Crippen LogP contribution in [-0.4, -0.2) is 46.9 Å². The van der Waals surface area contributed by atoms with E-state index in [-0.39, 0.29) is 23.2 Å². The number of fused-ring (bicyclic) bond motifs is 2. The molecule has 0 amide bonds. The number of hydrogen-bond donors (Lipinski definition) is 0. The number of ketones is 1. The van der Waals surface area contributed by atoms with Crippen LogP contribution in [-0.2, 0) is 28.9 Å². The average molecular weight is 493 g/mol. The summed E-state index contributed by atoms with van der Waals surface area (Å²) in [5.74, 6) is -0.322. The highest BCUT2D eigenvalue weighted by molar-refractivity contribution is 7.99. The maximum absolute atomic E-state index is 13.4. The van der Waals surface area contributed by atoms with Gasteiger partial charge in [-0.15, -0.1) is 0 Å². The molecule has 1 aliphatic carbocycles. The molecule has 2 heterocycles. The molecule has 2 aliphatic rings. The van der Waals surface area contributed by atoms with E-state index >= 15 is 0 Å². The van der Waals surface area contributed by atoms with Gasteiger partial charge in [0.1, 0.15) is 0 Å². The van der Waals surface area contributed by atoms with E-state index in [0.717, 1.165) is 32.1 Å². The Balaban J connectivity index is 1.45. The van der Waals surface area contributed by atoms with Gasteiger partial charge in [0, 0.05) is 12.2 Å². The van der Waals surface area contributed by atoms with Crippen LogP contribution in [0.25, 0.3) is 10.9 Å². The van der Waals surface area contributed by atoms with Crippen molar-refractivity contribution in [1.29, 1.82) is 0 Å². The van der Waals surface area contributed by atoms with E-state index in [0.29, 0.717) is 40.3 Å². The molecule has 7 nitrogen and oxygen atoms in total. The molecular formula is C27H28N2O5S. The standard InChI is InChI=1S/C27H28N2O5S/c1-33-26(32)20-10-11-22-23(14-20)28-27(29(25(22)31)15-21-7-4-12-34-21)35-16-24(30)19-9-8-17-5-2-3-6-18(17)13-19/h8-11,13-14,21H,2-7,12,15-16H2,1H3/t21-/m1/s1. The normalized spacial score (nSPS) is 17.3. The second-order valence-electron chi connectivity index (χ2n) is 9.07. The average Bonchev–Trinajstić information content (AvgIpc) is 3.41. The number of esters is 1. The summed E-state index contributed by atoms with van der Waals surface area (Å²) in [6, 6.07) is 10.7. The number of hydrogen-bond acceptors (Lipinski definition) is 7. The Morgan fingerprint density at radius 2 is 1.89 bits per heavy atom. The maximum Gasteiger partial charge on any atom is 0.337 e. The summed E-state index contributed by atoms with van der Waals surface area (Å²) in [5, 5.41) is 0.868. The highest BCUT2D eigenvalue weighted by Crippen LogP contribution is 2.25. The molecule has 0 unspecified atom stereocenters. The molecule has 0 N–H and O–H groups in total.